The molecule has 0 bridgehead atoms. The number of nitrogens with zero attached hydrogens (tertiary/aromatic N) is 3. The number of ether oxygens (including phenoxy) is 2. The number of piperazine rings is 1. The van der Waals surface area contributed by atoms with Gasteiger partial charge in [0.25, 0.3) is 0 Å². The molecule has 2 aliphatic rings. The lowest BCUT2D eigenvalue weighted by atomic mass is 9.94. The van der Waals surface area contributed by atoms with Crippen LogP contribution in [0.15, 0.2) is 78.9 Å². The van der Waals surface area contributed by atoms with Crippen molar-refractivity contribution in [2.24, 2.45) is 5.92 Å². The van der Waals surface area contributed by atoms with Crippen LogP contribution in [-0.2, 0) is 24.5 Å². The third-order valence-corrected chi connectivity index (χ3v) is 7.74. The van der Waals surface area contributed by atoms with Crippen LogP contribution in [0.5, 0.6) is 11.5 Å². The molecule has 3 aromatic rings. The van der Waals surface area contributed by atoms with Crippen LogP contribution in [0.25, 0.3) is 0 Å². The first kappa shape index (κ1) is 26.3. The quantitative estimate of drug-likeness (QED) is 0.410. The monoisotopic (exact) mass is 513 g/mol. The number of benzene rings is 3. The van der Waals surface area contributed by atoms with E-state index in [2.05, 4.69) is 69.3 Å². The van der Waals surface area contributed by atoms with Crippen molar-refractivity contribution in [3.8, 4) is 11.5 Å². The molecule has 0 unspecified atom stereocenters. The lowest BCUT2D eigenvalue weighted by Gasteiger charge is -2.38. The molecule has 2 heterocycles. The fraction of sp³-hybridized carbons (Fsp3) is 0.406. The van der Waals surface area contributed by atoms with E-state index in [0.717, 1.165) is 82.3 Å². The van der Waals surface area contributed by atoms with Gasteiger partial charge in [0.1, 0.15) is 6.61 Å². The van der Waals surface area contributed by atoms with E-state index >= 15 is 0 Å². The van der Waals surface area contributed by atoms with Gasteiger partial charge in [0.15, 0.2) is 11.5 Å². The Labute approximate surface area is 226 Å². The first-order valence-electron chi connectivity index (χ1n) is 13.8. The Kier molecular flexibility index (Phi) is 8.94. The van der Waals surface area contributed by atoms with Gasteiger partial charge in [-0.3, -0.25) is 14.6 Å². The molecule has 0 radical (unpaired) electrons. The van der Waals surface area contributed by atoms with Gasteiger partial charge in [0.05, 0.1) is 7.11 Å². The minimum Gasteiger partial charge on any atom is -0.493 e. The minimum atomic E-state index is 0.148. The molecule has 1 amide bonds. The minimum absolute atomic E-state index is 0.148. The molecule has 2 saturated heterocycles. The van der Waals surface area contributed by atoms with Crippen molar-refractivity contribution in [1.82, 2.24) is 14.7 Å². The lowest BCUT2D eigenvalue weighted by Crippen LogP contribution is -2.51. The van der Waals surface area contributed by atoms with Gasteiger partial charge in [0.2, 0.25) is 5.91 Å². The highest BCUT2D eigenvalue weighted by Gasteiger charge is 2.30. The van der Waals surface area contributed by atoms with Crippen LogP contribution in [-0.4, -0.2) is 67.0 Å². The first-order chi connectivity index (χ1) is 18.7. The van der Waals surface area contributed by atoms with Crippen LogP contribution in [0.4, 0.5) is 0 Å². The lowest BCUT2D eigenvalue weighted by molar-refractivity contribution is -0.139. The second-order valence-electron chi connectivity index (χ2n) is 10.4. The van der Waals surface area contributed by atoms with Gasteiger partial charge in [-0.1, -0.05) is 66.7 Å². The molecule has 200 valence electrons. The normalized spacial score (nSPS) is 17.3. The van der Waals surface area contributed by atoms with Crippen LogP contribution in [0, 0.1) is 5.92 Å². The van der Waals surface area contributed by atoms with E-state index in [1.165, 1.54) is 11.1 Å². The second-order valence-corrected chi connectivity index (χ2v) is 10.4. The van der Waals surface area contributed by atoms with Crippen molar-refractivity contribution >= 4 is 5.91 Å². The van der Waals surface area contributed by atoms with Gasteiger partial charge in [-0.2, -0.15) is 0 Å². The van der Waals surface area contributed by atoms with Crippen molar-refractivity contribution < 1.29 is 14.3 Å². The number of carbonyl (C=O) groups excluding carboxylic acids is 1. The van der Waals surface area contributed by atoms with E-state index in [1.54, 1.807) is 7.11 Å². The van der Waals surface area contributed by atoms with Crippen LogP contribution in [0.3, 0.4) is 0 Å². The summed E-state index contributed by atoms with van der Waals surface area (Å²) in [5, 5.41) is 0. The van der Waals surface area contributed by atoms with Crippen molar-refractivity contribution in [3.05, 3.63) is 95.6 Å². The van der Waals surface area contributed by atoms with Gasteiger partial charge in [-0.15, -0.1) is 0 Å². The summed E-state index contributed by atoms with van der Waals surface area (Å²) in [6.07, 6.45) is 1.86. The van der Waals surface area contributed by atoms with Crippen LogP contribution in [0.1, 0.15) is 29.5 Å². The molecule has 2 aliphatic heterocycles. The third-order valence-electron chi connectivity index (χ3n) is 7.74. The Bertz CT molecular complexity index is 1160. The Balaban J connectivity index is 1.06. The maximum absolute atomic E-state index is 13.2. The number of piperidine rings is 1. The molecule has 0 aromatic heterocycles. The number of rotatable bonds is 9. The number of likely N-dealkylation sites (tertiary alicyclic amines) is 1. The molecule has 5 rings (SSSR count). The highest BCUT2D eigenvalue weighted by Crippen LogP contribution is 2.30. The number of hydrogen-bond acceptors (Lipinski definition) is 5. The van der Waals surface area contributed by atoms with E-state index < -0.39 is 0 Å². The van der Waals surface area contributed by atoms with Crippen molar-refractivity contribution in [2.75, 3.05) is 46.4 Å². The maximum Gasteiger partial charge on any atom is 0.225 e. The van der Waals surface area contributed by atoms with Crippen molar-refractivity contribution in [2.45, 2.75) is 32.5 Å². The molecule has 6 nitrogen and oxygen atoms in total. The molecule has 0 aliphatic carbocycles. The molecule has 38 heavy (non-hydrogen) atoms. The highest BCUT2D eigenvalue weighted by molar-refractivity contribution is 5.79. The summed E-state index contributed by atoms with van der Waals surface area (Å²) >= 11 is 0. The van der Waals surface area contributed by atoms with Gasteiger partial charge in [-0.25, -0.2) is 0 Å². The summed E-state index contributed by atoms with van der Waals surface area (Å²) in [7, 11) is 1.69. The van der Waals surface area contributed by atoms with E-state index in [0.29, 0.717) is 12.5 Å². The van der Waals surface area contributed by atoms with Crippen LogP contribution in [0.2, 0.25) is 0 Å². The zero-order valence-corrected chi connectivity index (χ0v) is 22.4. The maximum atomic E-state index is 13.2. The van der Waals surface area contributed by atoms with E-state index in [4.69, 9.17) is 9.47 Å². The zero-order valence-electron chi connectivity index (χ0n) is 22.4. The largest absolute Gasteiger partial charge is 0.493 e. The molecule has 2 fully saturated rings. The summed E-state index contributed by atoms with van der Waals surface area (Å²) in [6.45, 7) is 7.80. The van der Waals surface area contributed by atoms with E-state index in [1.807, 2.05) is 24.3 Å². The Morgan fingerprint density at radius 2 is 1.32 bits per heavy atom. The van der Waals surface area contributed by atoms with Gasteiger partial charge in [0, 0.05) is 45.2 Å². The van der Waals surface area contributed by atoms with Crippen molar-refractivity contribution in [1.29, 1.82) is 0 Å². The zero-order chi connectivity index (χ0) is 26.2. The van der Waals surface area contributed by atoms with Crippen molar-refractivity contribution in [3.63, 3.8) is 0 Å². The molecule has 0 atom stereocenters. The predicted octanol–water partition coefficient (Wildman–Crippen LogP) is 4.83. The molecule has 3 aromatic carbocycles. The number of hydrogen-bond donors (Lipinski definition) is 0. The first-order valence-corrected chi connectivity index (χ1v) is 13.8. The molecular formula is C32H39N3O3. The summed E-state index contributed by atoms with van der Waals surface area (Å²) in [5.74, 6) is 2.02. The summed E-state index contributed by atoms with van der Waals surface area (Å²) in [6, 6.07) is 26.9. The molecule has 6 heteroatoms. The van der Waals surface area contributed by atoms with E-state index in [-0.39, 0.29) is 5.92 Å². The molecule has 0 N–H and O–H groups in total. The van der Waals surface area contributed by atoms with Gasteiger partial charge in [-0.05, 0) is 54.8 Å². The molecule has 0 spiro atoms. The van der Waals surface area contributed by atoms with E-state index in [9.17, 15) is 4.79 Å². The van der Waals surface area contributed by atoms with Crippen LogP contribution >= 0.6 is 0 Å². The Hall–Kier alpha value is -3.35. The predicted molar refractivity (Wildman–Crippen MR) is 150 cm³/mol. The third kappa shape index (κ3) is 6.94. The smallest absolute Gasteiger partial charge is 0.225 e. The molecular weight excluding hydrogens is 474 g/mol. The molecule has 0 saturated carbocycles. The summed E-state index contributed by atoms with van der Waals surface area (Å²) < 4.78 is 11.6. The van der Waals surface area contributed by atoms with Gasteiger partial charge < -0.3 is 14.4 Å². The fourth-order valence-electron chi connectivity index (χ4n) is 5.49. The highest BCUT2D eigenvalue weighted by atomic mass is 16.5. The number of methoxy groups -OCH3 is 1. The SMILES string of the molecule is COc1cc(CN2CCC(C(=O)N3CCN(Cc4ccccc4)CC3)CC2)ccc1OCc1ccccc1. The number of carbonyl (C=O) groups is 1. The average molecular weight is 514 g/mol. The number of amides is 1. The summed E-state index contributed by atoms with van der Waals surface area (Å²) in [5.41, 5.74) is 3.67. The average Bonchev–Trinajstić information content (AvgIpc) is 2.98. The standard InChI is InChI=1S/C32H39N3O3/c1-37-31-22-28(12-13-30(31)38-25-27-10-6-3-7-11-27)24-33-16-14-29(15-17-33)32(36)35-20-18-34(19-21-35)23-26-8-4-2-5-9-26/h2-13,22,29H,14-21,23-25H2,1H3. The topological polar surface area (TPSA) is 45.2 Å². The summed E-state index contributed by atoms with van der Waals surface area (Å²) in [4.78, 5) is 20.2. The fourth-order valence-corrected chi connectivity index (χ4v) is 5.49. The van der Waals surface area contributed by atoms with Gasteiger partial charge >= 0.3 is 0 Å². The second kappa shape index (κ2) is 12.9. The van der Waals surface area contributed by atoms with Crippen LogP contribution < -0.4 is 9.47 Å². The Morgan fingerprint density at radius 1 is 0.711 bits per heavy atom. The Morgan fingerprint density at radius 3 is 1.97 bits per heavy atom.